The van der Waals surface area contributed by atoms with Gasteiger partial charge >= 0.3 is 0 Å². The van der Waals surface area contributed by atoms with Crippen LogP contribution >= 0.6 is 11.6 Å². The second-order valence-electron chi connectivity index (χ2n) is 5.17. The van der Waals surface area contributed by atoms with Crippen molar-refractivity contribution in [3.63, 3.8) is 0 Å². The fraction of sp³-hybridized carbons (Fsp3) is 0.294. The molecule has 20 heavy (non-hydrogen) atoms. The molecule has 2 atom stereocenters. The van der Waals surface area contributed by atoms with E-state index in [0.717, 1.165) is 24.3 Å². The van der Waals surface area contributed by atoms with Crippen molar-refractivity contribution in [1.29, 1.82) is 0 Å². The van der Waals surface area contributed by atoms with Gasteiger partial charge < -0.3 is 9.84 Å². The SMILES string of the molecule is OC(CC1CCOc2ccccc21)c1ccc(Cl)cc1. The Morgan fingerprint density at radius 2 is 1.90 bits per heavy atom. The molecule has 0 bridgehead atoms. The van der Waals surface area contributed by atoms with Crippen molar-refractivity contribution in [3.8, 4) is 5.75 Å². The summed E-state index contributed by atoms with van der Waals surface area (Å²) in [6.07, 6.45) is 1.19. The van der Waals surface area contributed by atoms with Crippen LogP contribution in [-0.4, -0.2) is 11.7 Å². The third-order valence-corrected chi connectivity index (χ3v) is 4.10. The highest BCUT2D eigenvalue weighted by Crippen LogP contribution is 2.38. The molecule has 1 aliphatic heterocycles. The molecule has 1 N–H and O–H groups in total. The monoisotopic (exact) mass is 288 g/mol. The first-order chi connectivity index (χ1) is 9.74. The molecule has 1 aliphatic rings. The first kappa shape index (κ1) is 13.5. The van der Waals surface area contributed by atoms with E-state index in [2.05, 4.69) is 6.07 Å². The van der Waals surface area contributed by atoms with Gasteiger partial charge in [0.1, 0.15) is 5.75 Å². The average molecular weight is 289 g/mol. The summed E-state index contributed by atoms with van der Waals surface area (Å²) in [4.78, 5) is 0. The molecule has 1 heterocycles. The lowest BCUT2D eigenvalue weighted by Crippen LogP contribution is -2.16. The molecule has 0 aliphatic carbocycles. The number of benzene rings is 2. The predicted molar refractivity (Wildman–Crippen MR) is 80.3 cm³/mol. The number of aliphatic hydroxyl groups excluding tert-OH is 1. The van der Waals surface area contributed by atoms with Gasteiger partial charge in [0.2, 0.25) is 0 Å². The maximum Gasteiger partial charge on any atom is 0.122 e. The first-order valence-corrected chi connectivity index (χ1v) is 7.27. The van der Waals surface area contributed by atoms with Gasteiger partial charge in [-0.25, -0.2) is 0 Å². The maximum atomic E-state index is 10.4. The minimum Gasteiger partial charge on any atom is -0.493 e. The van der Waals surface area contributed by atoms with Gasteiger partial charge in [0.25, 0.3) is 0 Å². The zero-order valence-corrected chi connectivity index (χ0v) is 11.9. The van der Waals surface area contributed by atoms with Crippen LogP contribution in [0.25, 0.3) is 0 Å². The van der Waals surface area contributed by atoms with Gasteiger partial charge in [-0.05, 0) is 48.1 Å². The molecule has 0 spiro atoms. The summed E-state index contributed by atoms with van der Waals surface area (Å²) in [6.45, 7) is 0.717. The Hall–Kier alpha value is -1.51. The number of hydrogen-bond donors (Lipinski definition) is 1. The maximum absolute atomic E-state index is 10.4. The van der Waals surface area contributed by atoms with Crippen molar-refractivity contribution in [1.82, 2.24) is 0 Å². The van der Waals surface area contributed by atoms with Crippen LogP contribution in [0.4, 0.5) is 0 Å². The van der Waals surface area contributed by atoms with Crippen LogP contribution in [-0.2, 0) is 0 Å². The molecule has 2 aromatic rings. The molecular formula is C17H17ClO2. The Kier molecular flexibility index (Phi) is 3.95. The third-order valence-electron chi connectivity index (χ3n) is 3.85. The molecule has 104 valence electrons. The molecule has 0 radical (unpaired) electrons. The normalized spacial score (nSPS) is 19.0. The quantitative estimate of drug-likeness (QED) is 0.911. The molecule has 3 rings (SSSR count). The number of ether oxygens (including phenoxy) is 1. The molecule has 2 unspecified atom stereocenters. The van der Waals surface area contributed by atoms with Gasteiger partial charge in [0.05, 0.1) is 12.7 Å². The summed E-state index contributed by atoms with van der Waals surface area (Å²) in [5, 5.41) is 11.1. The Balaban J connectivity index is 1.77. The third kappa shape index (κ3) is 2.82. The van der Waals surface area contributed by atoms with Gasteiger partial charge in [-0.15, -0.1) is 0 Å². The lowest BCUT2D eigenvalue weighted by atomic mass is 9.86. The Bertz CT molecular complexity index is 580. The van der Waals surface area contributed by atoms with Gasteiger partial charge in [-0.2, -0.15) is 0 Å². The smallest absolute Gasteiger partial charge is 0.122 e. The van der Waals surface area contributed by atoms with E-state index in [0.29, 0.717) is 17.4 Å². The summed E-state index contributed by atoms with van der Waals surface area (Å²) in [6, 6.07) is 15.5. The minimum atomic E-state index is -0.469. The Morgan fingerprint density at radius 1 is 1.15 bits per heavy atom. The summed E-state index contributed by atoms with van der Waals surface area (Å²) >= 11 is 5.88. The highest BCUT2D eigenvalue weighted by Gasteiger charge is 2.24. The van der Waals surface area contributed by atoms with E-state index in [9.17, 15) is 5.11 Å². The van der Waals surface area contributed by atoms with Crippen LogP contribution < -0.4 is 4.74 Å². The summed E-state index contributed by atoms with van der Waals surface area (Å²) in [7, 11) is 0. The van der Waals surface area contributed by atoms with E-state index < -0.39 is 6.10 Å². The highest BCUT2D eigenvalue weighted by molar-refractivity contribution is 6.30. The van der Waals surface area contributed by atoms with E-state index >= 15 is 0 Å². The molecule has 0 fully saturated rings. The van der Waals surface area contributed by atoms with Crippen LogP contribution in [0.15, 0.2) is 48.5 Å². The van der Waals surface area contributed by atoms with Crippen LogP contribution in [0.5, 0.6) is 5.75 Å². The number of aliphatic hydroxyl groups is 1. The zero-order chi connectivity index (χ0) is 13.9. The summed E-state index contributed by atoms with van der Waals surface area (Å²) in [5.74, 6) is 1.29. The van der Waals surface area contributed by atoms with Crippen molar-refractivity contribution >= 4 is 11.6 Å². The highest BCUT2D eigenvalue weighted by atomic mass is 35.5. The molecule has 0 aromatic heterocycles. The molecule has 3 heteroatoms. The van der Waals surface area contributed by atoms with Crippen molar-refractivity contribution in [2.75, 3.05) is 6.61 Å². The number of hydrogen-bond acceptors (Lipinski definition) is 2. The molecule has 2 aromatic carbocycles. The molecule has 0 saturated heterocycles. The van der Waals surface area contributed by atoms with Crippen molar-refractivity contribution < 1.29 is 9.84 Å². The van der Waals surface area contributed by atoms with Crippen LogP contribution in [0, 0.1) is 0 Å². The van der Waals surface area contributed by atoms with E-state index in [1.807, 2.05) is 42.5 Å². The lowest BCUT2D eigenvalue weighted by molar-refractivity contribution is 0.145. The van der Waals surface area contributed by atoms with Crippen molar-refractivity contribution in [2.45, 2.75) is 24.9 Å². The van der Waals surface area contributed by atoms with Gasteiger partial charge in [-0.1, -0.05) is 41.9 Å². The number of rotatable bonds is 3. The zero-order valence-electron chi connectivity index (χ0n) is 11.1. The van der Waals surface area contributed by atoms with E-state index in [1.54, 1.807) is 0 Å². The summed E-state index contributed by atoms with van der Waals surface area (Å²) in [5.41, 5.74) is 2.12. The molecule has 2 nitrogen and oxygen atoms in total. The fourth-order valence-corrected chi connectivity index (χ4v) is 2.88. The summed E-state index contributed by atoms with van der Waals surface area (Å²) < 4.78 is 5.66. The van der Waals surface area contributed by atoms with Crippen molar-refractivity contribution in [3.05, 3.63) is 64.7 Å². The Morgan fingerprint density at radius 3 is 2.70 bits per heavy atom. The van der Waals surface area contributed by atoms with Gasteiger partial charge in [-0.3, -0.25) is 0 Å². The topological polar surface area (TPSA) is 29.5 Å². The molecule has 0 amide bonds. The van der Waals surface area contributed by atoms with Crippen LogP contribution in [0.3, 0.4) is 0 Å². The van der Waals surface area contributed by atoms with E-state index in [-0.39, 0.29) is 0 Å². The lowest BCUT2D eigenvalue weighted by Gasteiger charge is -2.27. The average Bonchev–Trinajstić information content (AvgIpc) is 2.48. The van der Waals surface area contributed by atoms with Crippen molar-refractivity contribution in [2.24, 2.45) is 0 Å². The van der Waals surface area contributed by atoms with E-state index in [1.165, 1.54) is 5.56 Å². The number of halogens is 1. The van der Waals surface area contributed by atoms with E-state index in [4.69, 9.17) is 16.3 Å². The van der Waals surface area contributed by atoms with Crippen LogP contribution in [0.2, 0.25) is 5.02 Å². The number of fused-ring (bicyclic) bond motifs is 1. The second kappa shape index (κ2) is 5.86. The number of para-hydroxylation sites is 1. The second-order valence-corrected chi connectivity index (χ2v) is 5.61. The minimum absolute atomic E-state index is 0.339. The fourth-order valence-electron chi connectivity index (χ4n) is 2.75. The Labute approximate surface area is 124 Å². The van der Waals surface area contributed by atoms with Gasteiger partial charge in [0, 0.05) is 5.02 Å². The largest absolute Gasteiger partial charge is 0.493 e. The molecular weight excluding hydrogens is 272 g/mol. The standard InChI is InChI=1S/C17H17ClO2/c18-14-7-5-12(6-8-14)16(19)11-13-9-10-20-17-4-2-1-3-15(13)17/h1-8,13,16,19H,9-11H2. The van der Waals surface area contributed by atoms with Gasteiger partial charge in [0.15, 0.2) is 0 Å². The predicted octanol–water partition coefficient (Wildman–Crippen LogP) is 4.33. The van der Waals surface area contributed by atoms with Crippen LogP contribution in [0.1, 0.15) is 36.0 Å². The first-order valence-electron chi connectivity index (χ1n) is 6.89. The molecule has 0 saturated carbocycles.